The number of nitrogens with zero attached hydrogens (tertiary/aromatic N) is 2. The molecule has 4 nitrogen and oxygen atoms in total. The Bertz CT molecular complexity index is 632. The molecule has 112 valence electrons. The molecule has 1 aliphatic rings. The maximum absolute atomic E-state index is 12.4. The van der Waals surface area contributed by atoms with Crippen molar-refractivity contribution >= 4 is 16.7 Å². The molecule has 3 rings (SSSR count). The Morgan fingerprint density at radius 2 is 2.14 bits per heavy atom. The van der Waals surface area contributed by atoms with Crippen molar-refractivity contribution in [3.05, 3.63) is 36.5 Å². The molecule has 0 N–H and O–H groups in total. The molecule has 0 aliphatic carbocycles. The van der Waals surface area contributed by atoms with Gasteiger partial charge in [-0.25, -0.2) is 0 Å². The van der Waals surface area contributed by atoms with E-state index < -0.39 is 0 Å². The fraction of sp³-hybridized carbons (Fsp3) is 0.438. The Kier molecular flexibility index (Phi) is 4.20. The molecule has 0 saturated carbocycles. The normalized spacial score (nSPS) is 16.2. The Morgan fingerprint density at radius 1 is 1.38 bits per heavy atom. The van der Waals surface area contributed by atoms with Crippen molar-refractivity contribution in [2.45, 2.75) is 25.8 Å². The Balaban J connectivity index is 1.82. The van der Waals surface area contributed by atoms with Crippen molar-refractivity contribution in [3.8, 4) is 0 Å². The summed E-state index contributed by atoms with van der Waals surface area (Å²) in [7, 11) is 0. The second-order valence-corrected chi connectivity index (χ2v) is 5.43. The number of hydrogen-bond donors (Lipinski definition) is 0. The summed E-state index contributed by atoms with van der Waals surface area (Å²) in [6.07, 6.45) is 3.26. The minimum atomic E-state index is -0.0454. The smallest absolute Gasteiger partial charge is 0.192 e. The van der Waals surface area contributed by atoms with Crippen LogP contribution in [0.25, 0.3) is 16.7 Å². The van der Waals surface area contributed by atoms with E-state index >= 15 is 0 Å². The number of aryl methyl sites for hydroxylation is 1. The van der Waals surface area contributed by atoms with Crippen LogP contribution in [0.5, 0.6) is 0 Å². The first-order chi connectivity index (χ1) is 10.3. The summed E-state index contributed by atoms with van der Waals surface area (Å²) in [4.78, 5) is 3.77. The fourth-order valence-electron chi connectivity index (χ4n) is 2.88. The molecule has 1 aliphatic heterocycles. The van der Waals surface area contributed by atoms with E-state index in [2.05, 4.69) is 16.6 Å². The Hall–Kier alpha value is -1.88. The molecule has 1 saturated heterocycles. The van der Waals surface area contributed by atoms with E-state index in [1.165, 1.54) is 0 Å². The van der Waals surface area contributed by atoms with Crippen LogP contribution in [0.4, 0.5) is 4.53 Å². The van der Waals surface area contributed by atoms with Gasteiger partial charge in [0.25, 0.3) is 0 Å². The van der Waals surface area contributed by atoms with Gasteiger partial charge in [-0.15, -0.1) is 0 Å². The number of rotatable bonds is 5. The lowest BCUT2D eigenvalue weighted by Crippen LogP contribution is -2.17. The molecule has 1 aromatic carbocycles. The van der Waals surface area contributed by atoms with Crippen molar-refractivity contribution in [1.29, 1.82) is 0 Å². The van der Waals surface area contributed by atoms with Crippen LogP contribution < -0.4 is 0 Å². The molecule has 0 spiro atoms. The first-order valence-corrected chi connectivity index (χ1v) is 7.30. The second-order valence-electron chi connectivity index (χ2n) is 5.43. The minimum absolute atomic E-state index is 0.0454. The van der Waals surface area contributed by atoms with Crippen LogP contribution in [-0.2, 0) is 16.2 Å². The maximum Gasteiger partial charge on any atom is 0.192 e. The molecule has 2 heterocycles. The summed E-state index contributed by atoms with van der Waals surface area (Å²) in [5.41, 5.74) is 1.46. The van der Waals surface area contributed by atoms with Gasteiger partial charge in [0.15, 0.2) is 5.76 Å². The second kappa shape index (κ2) is 6.26. The van der Waals surface area contributed by atoms with E-state index in [0.29, 0.717) is 11.6 Å². The molecule has 2 aromatic rings. The summed E-state index contributed by atoms with van der Waals surface area (Å²) < 4.78 is 19.7. The first kappa shape index (κ1) is 14.1. The number of fused-ring (bicyclic) bond motifs is 1. The van der Waals surface area contributed by atoms with Crippen LogP contribution >= 0.6 is 0 Å². The summed E-state index contributed by atoms with van der Waals surface area (Å²) in [5, 5.41) is 5.33. The maximum atomic E-state index is 12.4. The molecule has 0 unspecified atom stereocenters. The van der Waals surface area contributed by atoms with Gasteiger partial charge in [0.05, 0.1) is 5.52 Å². The van der Waals surface area contributed by atoms with Crippen LogP contribution in [0.2, 0.25) is 0 Å². The van der Waals surface area contributed by atoms with E-state index in [9.17, 15) is 4.53 Å². The predicted molar refractivity (Wildman–Crippen MR) is 79.1 cm³/mol. The van der Waals surface area contributed by atoms with Gasteiger partial charge in [-0.3, -0.25) is 9.62 Å². The summed E-state index contributed by atoms with van der Waals surface area (Å²) in [6, 6.07) is 7.76. The highest BCUT2D eigenvalue weighted by Gasteiger charge is 2.17. The summed E-state index contributed by atoms with van der Waals surface area (Å²) >= 11 is 0. The Labute approximate surface area is 123 Å². The Morgan fingerprint density at radius 3 is 2.90 bits per heavy atom. The minimum Gasteiger partial charge on any atom is -0.381 e. The third-order valence-corrected chi connectivity index (χ3v) is 4.11. The molecule has 0 bridgehead atoms. The molecular formula is C16H19FN2O2. The first-order valence-electron chi connectivity index (χ1n) is 7.30. The van der Waals surface area contributed by atoms with Gasteiger partial charge < -0.3 is 4.74 Å². The number of hydrogen-bond acceptors (Lipinski definition) is 3. The quantitative estimate of drug-likeness (QED) is 0.787. The van der Waals surface area contributed by atoms with Gasteiger partial charge in [0.1, 0.15) is 5.69 Å². The average Bonchev–Trinajstić information content (AvgIpc) is 2.92. The molecule has 0 amide bonds. The highest BCUT2D eigenvalue weighted by molar-refractivity contribution is 5.88. The van der Waals surface area contributed by atoms with E-state index in [0.717, 1.165) is 49.9 Å². The van der Waals surface area contributed by atoms with Gasteiger partial charge in [-0.1, -0.05) is 18.2 Å². The van der Waals surface area contributed by atoms with Gasteiger partial charge in [-0.05, 0) is 37.8 Å². The predicted octanol–water partition coefficient (Wildman–Crippen LogP) is 3.72. The third kappa shape index (κ3) is 2.93. The standard InChI is InChI=1S/C16H19FN2O2/c1-12(21-17)16-14-4-2-3-5-15(14)19(18-16)9-6-13-7-10-20-11-8-13/h2-5,13H,1,6-11H2. The molecule has 1 fully saturated rings. The third-order valence-electron chi connectivity index (χ3n) is 4.11. The van der Waals surface area contributed by atoms with Crippen LogP contribution in [-0.4, -0.2) is 23.0 Å². The van der Waals surface area contributed by atoms with Crippen LogP contribution in [0, 0.1) is 5.92 Å². The van der Waals surface area contributed by atoms with Crippen molar-refractivity contribution < 1.29 is 14.2 Å². The van der Waals surface area contributed by atoms with Crippen molar-refractivity contribution in [3.63, 3.8) is 0 Å². The molecule has 1 aromatic heterocycles. The molecular weight excluding hydrogens is 271 g/mol. The number of ether oxygens (including phenoxy) is 1. The SMILES string of the molecule is C=C(OF)c1nn(CCC2CCOCC2)c2ccccc12. The van der Waals surface area contributed by atoms with Gasteiger partial charge in [0, 0.05) is 29.7 Å². The highest BCUT2D eigenvalue weighted by Crippen LogP contribution is 2.26. The van der Waals surface area contributed by atoms with Gasteiger partial charge >= 0.3 is 0 Å². The van der Waals surface area contributed by atoms with Crippen LogP contribution in [0.3, 0.4) is 0 Å². The fourth-order valence-corrected chi connectivity index (χ4v) is 2.88. The van der Waals surface area contributed by atoms with Crippen LogP contribution in [0.1, 0.15) is 25.0 Å². The molecule has 0 radical (unpaired) electrons. The lowest BCUT2D eigenvalue weighted by Gasteiger charge is -2.21. The summed E-state index contributed by atoms with van der Waals surface area (Å²) in [5.74, 6) is 0.627. The van der Waals surface area contributed by atoms with E-state index in [-0.39, 0.29) is 5.76 Å². The van der Waals surface area contributed by atoms with Gasteiger partial charge in [0.2, 0.25) is 0 Å². The van der Waals surface area contributed by atoms with Crippen molar-refractivity contribution in [2.75, 3.05) is 13.2 Å². The highest BCUT2D eigenvalue weighted by atomic mass is 19.3. The lowest BCUT2D eigenvalue weighted by molar-refractivity contribution is -0.0420. The van der Waals surface area contributed by atoms with E-state index in [4.69, 9.17) is 4.74 Å². The van der Waals surface area contributed by atoms with E-state index in [1.54, 1.807) is 0 Å². The topological polar surface area (TPSA) is 36.3 Å². The van der Waals surface area contributed by atoms with Gasteiger partial charge in [-0.2, -0.15) is 5.10 Å². The summed E-state index contributed by atoms with van der Waals surface area (Å²) in [6.45, 7) is 6.08. The van der Waals surface area contributed by atoms with Crippen LogP contribution in [0.15, 0.2) is 30.8 Å². The number of para-hydroxylation sites is 1. The average molecular weight is 290 g/mol. The zero-order chi connectivity index (χ0) is 14.7. The van der Waals surface area contributed by atoms with Crippen molar-refractivity contribution in [1.82, 2.24) is 9.78 Å². The molecule has 0 atom stereocenters. The number of halogens is 1. The molecule has 21 heavy (non-hydrogen) atoms. The van der Waals surface area contributed by atoms with E-state index in [1.807, 2.05) is 28.9 Å². The zero-order valence-corrected chi connectivity index (χ0v) is 11.9. The lowest BCUT2D eigenvalue weighted by atomic mass is 9.97. The number of benzene rings is 1. The van der Waals surface area contributed by atoms with Crippen molar-refractivity contribution in [2.24, 2.45) is 5.92 Å². The molecule has 5 heteroatoms. The monoisotopic (exact) mass is 290 g/mol. The largest absolute Gasteiger partial charge is 0.381 e. The number of aromatic nitrogens is 2. The zero-order valence-electron chi connectivity index (χ0n) is 11.9.